The highest BCUT2D eigenvalue weighted by atomic mass is 35.5. The van der Waals surface area contributed by atoms with Crippen LogP contribution in [0.5, 0.6) is 0 Å². The molecule has 1 aromatic carbocycles. The molecule has 0 aliphatic carbocycles. The first-order valence-electron chi connectivity index (χ1n) is 5.14. The maximum atomic E-state index is 13.1. The fourth-order valence-corrected chi connectivity index (χ4v) is 1.60. The van der Waals surface area contributed by atoms with Crippen molar-refractivity contribution in [3.63, 3.8) is 0 Å². The van der Waals surface area contributed by atoms with Crippen LogP contribution in [-0.4, -0.2) is 12.3 Å². The maximum absolute atomic E-state index is 13.1. The van der Waals surface area contributed by atoms with Gasteiger partial charge in [-0.15, -0.1) is 0 Å². The Hall–Kier alpha value is -0.930. The SMILES string of the molecule is CCC(C)(CN)C(=O)c1cc(F)ccc1Cl. The lowest BCUT2D eigenvalue weighted by atomic mass is 9.80. The Labute approximate surface area is 99.6 Å². The molecule has 0 heterocycles. The average Bonchev–Trinajstić information content (AvgIpc) is 2.30. The molecular formula is C12H15ClFNO. The molecule has 88 valence electrons. The lowest BCUT2D eigenvalue weighted by molar-refractivity contribution is 0.0820. The third-order valence-corrected chi connectivity index (χ3v) is 3.28. The number of hydrogen-bond acceptors (Lipinski definition) is 2. The van der Waals surface area contributed by atoms with Crippen molar-refractivity contribution < 1.29 is 9.18 Å². The number of carbonyl (C=O) groups is 1. The van der Waals surface area contributed by atoms with Crippen LogP contribution < -0.4 is 5.73 Å². The normalized spacial score (nSPS) is 14.6. The predicted octanol–water partition coefficient (Wildman–Crippen LogP) is 3.04. The number of Topliss-reactive ketones (excluding diaryl/α,β-unsaturated/α-hetero) is 1. The quantitative estimate of drug-likeness (QED) is 0.826. The number of benzene rings is 1. The molecule has 0 aliphatic heterocycles. The van der Waals surface area contributed by atoms with E-state index in [-0.39, 0.29) is 22.9 Å². The summed E-state index contributed by atoms with van der Waals surface area (Å²) in [5.41, 5.74) is 5.11. The van der Waals surface area contributed by atoms with E-state index < -0.39 is 11.2 Å². The summed E-state index contributed by atoms with van der Waals surface area (Å²) in [5, 5.41) is 0.263. The van der Waals surface area contributed by atoms with Crippen molar-refractivity contribution >= 4 is 17.4 Å². The molecule has 0 saturated carbocycles. The topological polar surface area (TPSA) is 43.1 Å². The van der Waals surface area contributed by atoms with Gasteiger partial charge in [-0.3, -0.25) is 4.79 Å². The first-order chi connectivity index (χ1) is 7.44. The molecule has 0 aliphatic rings. The van der Waals surface area contributed by atoms with E-state index in [1.807, 2.05) is 6.92 Å². The Balaban J connectivity index is 3.18. The van der Waals surface area contributed by atoms with Gasteiger partial charge in [0.25, 0.3) is 0 Å². The van der Waals surface area contributed by atoms with Gasteiger partial charge in [-0.1, -0.05) is 25.4 Å². The van der Waals surface area contributed by atoms with E-state index >= 15 is 0 Å². The molecule has 0 radical (unpaired) electrons. The fraction of sp³-hybridized carbons (Fsp3) is 0.417. The molecule has 0 saturated heterocycles. The van der Waals surface area contributed by atoms with Crippen molar-refractivity contribution in [2.75, 3.05) is 6.54 Å². The molecule has 1 aromatic rings. The van der Waals surface area contributed by atoms with Crippen LogP contribution >= 0.6 is 11.6 Å². The first-order valence-corrected chi connectivity index (χ1v) is 5.52. The van der Waals surface area contributed by atoms with Crippen LogP contribution in [-0.2, 0) is 0 Å². The number of nitrogens with two attached hydrogens (primary N) is 1. The monoisotopic (exact) mass is 243 g/mol. The van der Waals surface area contributed by atoms with E-state index in [0.717, 1.165) is 6.07 Å². The van der Waals surface area contributed by atoms with Gasteiger partial charge in [-0.05, 0) is 24.6 Å². The lowest BCUT2D eigenvalue weighted by Crippen LogP contribution is -2.35. The second-order valence-corrected chi connectivity index (χ2v) is 4.48. The molecule has 4 heteroatoms. The number of rotatable bonds is 4. The first kappa shape index (κ1) is 13.1. The van der Waals surface area contributed by atoms with Gasteiger partial charge < -0.3 is 5.73 Å². The van der Waals surface area contributed by atoms with Crippen LogP contribution in [0.1, 0.15) is 30.6 Å². The minimum absolute atomic E-state index is 0.205. The molecule has 0 bridgehead atoms. The van der Waals surface area contributed by atoms with Crippen LogP contribution in [0.3, 0.4) is 0 Å². The predicted molar refractivity (Wildman–Crippen MR) is 63.2 cm³/mol. The average molecular weight is 244 g/mol. The molecule has 1 rings (SSSR count). The third kappa shape index (κ3) is 2.42. The van der Waals surface area contributed by atoms with E-state index in [9.17, 15) is 9.18 Å². The van der Waals surface area contributed by atoms with Gasteiger partial charge in [0.05, 0.1) is 5.02 Å². The molecule has 2 nitrogen and oxygen atoms in total. The van der Waals surface area contributed by atoms with E-state index in [4.69, 9.17) is 17.3 Å². The number of ketones is 1. The summed E-state index contributed by atoms with van der Waals surface area (Å²) in [6.07, 6.45) is 0.592. The Morgan fingerprint density at radius 3 is 2.69 bits per heavy atom. The Bertz CT molecular complexity index is 402. The smallest absolute Gasteiger partial charge is 0.171 e. The van der Waals surface area contributed by atoms with Gasteiger partial charge in [-0.2, -0.15) is 0 Å². The lowest BCUT2D eigenvalue weighted by Gasteiger charge is -2.25. The van der Waals surface area contributed by atoms with Gasteiger partial charge in [0.15, 0.2) is 5.78 Å². The highest BCUT2D eigenvalue weighted by Crippen LogP contribution is 2.29. The molecule has 0 amide bonds. The largest absolute Gasteiger partial charge is 0.329 e. The van der Waals surface area contributed by atoms with Gasteiger partial charge >= 0.3 is 0 Å². The molecule has 0 aromatic heterocycles. The number of carbonyl (C=O) groups excluding carboxylic acids is 1. The van der Waals surface area contributed by atoms with E-state index in [0.29, 0.717) is 6.42 Å². The van der Waals surface area contributed by atoms with E-state index in [1.54, 1.807) is 6.92 Å². The van der Waals surface area contributed by atoms with Gasteiger partial charge in [0.2, 0.25) is 0 Å². The van der Waals surface area contributed by atoms with Crippen molar-refractivity contribution in [3.8, 4) is 0 Å². The molecule has 16 heavy (non-hydrogen) atoms. The molecule has 2 N–H and O–H groups in total. The second kappa shape index (κ2) is 4.93. The van der Waals surface area contributed by atoms with Crippen LogP contribution in [0.25, 0.3) is 0 Å². The zero-order valence-corrected chi connectivity index (χ0v) is 10.1. The van der Waals surface area contributed by atoms with Crippen LogP contribution in [0.2, 0.25) is 5.02 Å². The highest BCUT2D eigenvalue weighted by Gasteiger charge is 2.31. The summed E-state index contributed by atoms with van der Waals surface area (Å²) in [6.45, 7) is 3.85. The minimum atomic E-state index is -0.683. The van der Waals surface area contributed by atoms with Gasteiger partial charge in [-0.25, -0.2) is 4.39 Å². The van der Waals surface area contributed by atoms with Crippen molar-refractivity contribution in [1.82, 2.24) is 0 Å². The zero-order chi connectivity index (χ0) is 12.3. The fourth-order valence-electron chi connectivity index (χ4n) is 1.39. The van der Waals surface area contributed by atoms with Gasteiger partial charge in [0, 0.05) is 17.5 Å². The molecule has 1 atom stereocenters. The van der Waals surface area contributed by atoms with Crippen molar-refractivity contribution in [2.24, 2.45) is 11.1 Å². The van der Waals surface area contributed by atoms with Crippen molar-refractivity contribution in [1.29, 1.82) is 0 Å². The molecule has 0 fully saturated rings. The third-order valence-electron chi connectivity index (χ3n) is 2.95. The minimum Gasteiger partial charge on any atom is -0.329 e. The highest BCUT2D eigenvalue weighted by molar-refractivity contribution is 6.34. The molecular weight excluding hydrogens is 229 g/mol. The summed E-state index contributed by atoms with van der Waals surface area (Å²) >= 11 is 5.88. The van der Waals surface area contributed by atoms with Gasteiger partial charge in [0.1, 0.15) is 5.82 Å². The summed E-state index contributed by atoms with van der Waals surface area (Å²) < 4.78 is 13.1. The van der Waals surface area contributed by atoms with Crippen LogP contribution in [0, 0.1) is 11.2 Å². The van der Waals surface area contributed by atoms with Crippen LogP contribution in [0.15, 0.2) is 18.2 Å². The van der Waals surface area contributed by atoms with Crippen LogP contribution in [0.4, 0.5) is 4.39 Å². The summed E-state index contributed by atoms with van der Waals surface area (Å²) in [4.78, 5) is 12.2. The summed E-state index contributed by atoms with van der Waals surface area (Å²) in [7, 11) is 0. The molecule has 0 spiro atoms. The Morgan fingerprint density at radius 2 is 2.19 bits per heavy atom. The van der Waals surface area contributed by atoms with Crippen molar-refractivity contribution in [2.45, 2.75) is 20.3 Å². The van der Waals surface area contributed by atoms with E-state index in [1.165, 1.54) is 12.1 Å². The second-order valence-electron chi connectivity index (χ2n) is 4.07. The molecule has 1 unspecified atom stereocenters. The zero-order valence-electron chi connectivity index (χ0n) is 9.39. The Kier molecular flexibility index (Phi) is 4.05. The van der Waals surface area contributed by atoms with E-state index in [2.05, 4.69) is 0 Å². The summed E-state index contributed by atoms with van der Waals surface area (Å²) in [6, 6.07) is 3.77. The van der Waals surface area contributed by atoms with Crippen molar-refractivity contribution in [3.05, 3.63) is 34.6 Å². The summed E-state index contributed by atoms with van der Waals surface area (Å²) in [5.74, 6) is -0.676. The standard InChI is InChI=1S/C12H15ClFNO/c1-3-12(2,7-15)11(16)9-6-8(14)4-5-10(9)13/h4-6H,3,7,15H2,1-2H3. The number of halogens is 2. The maximum Gasteiger partial charge on any atom is 0.171 e. The Morgan fingerprint density at radius 1 is 1.56 bits per heavy atom. The number of hydrogen-bond donors (Lipinski definition) is 1.